The van der Waals surface area contributed by atoms with E-state index in [9.17, 15) is 14.9 Å². The molecule has 0 atom stereocenters. The third-order valence-electron chi connectivity index (χ3n) is 2.61. The third kappa shape index (κ3) is 4.09. The summed E-state index contributed by atoms with van der Waals surface area (Å²) >= 11 is 0. The molecule has 0 fully saturated rings. The van der Waals surface area contributed by atoms with Crippen molar-refractivity contribution in [1.29, 1.82) is 0 Å². The van der Waals surface area contributed by atoms with Crippen LogP contribution in [0.2, 0.25) is 0 Å². The fourth-order valence-corrected chi connectivity index (χ4v) is 1.69. The molecule has 0 radical (unpaired) electrons. The van der Waals surface area contributed by atoms with Crippen molar-refractivity contribution in [2.75, 3.05) is 38.8 Å². The van der Waals surface area contributed by atoms with Gasteiger partial charge in [0.15, 0.2) is 0 Å². The molecule has 0 saturated carbocycles. The molecule has 8 heteroatoms. The van der Waals surface area contributed by atoms with E-state index in [-0.39, 0.29) is 31.1 Å². The van der Waals surface area contributed by atoms with Crippen molar-refractivity contribution in [3.8, 4) is 5.75 Å². The highest BCUT2D eigenvalue weighted by Crippen LogP contribution is 2.31. The Balaban J connectivity index is 3.19. The summed E-state index contributed by atoms with van der Waals surface area (Å²) in [5, 5.41) is 20.0. The van der Waals surface area contributed by atoms with Crippen molar-refractivity contribution in [1.82, 2.24) is 0 Å². The van der Waals surface area contributed by atoms with Crippen LogP contribution in [-0.2, 0) is 9.53 Å². The zero-order valence-electron chi connectivity index (χ0n) is 11.2. The lowest BCUT2D eigenvalue weighted by molar-refractivity contribution is -0.384. The molecule has 20 heavy (non-hydrogen) atoms. The average molecular weight is 284 g/mol. The Bertz CT molecular complexity index is 491. The second-order valence-electron chi connectivity index (χ2n) is 3.92. The van der Waals surface area contributed by atoms with Gasteiger partial charge in [0.25, 0.3) is 5.69 Å². The van der Waals surface area contributed by atoms with E-state index in [1.807, 2.05) is 0 Å². The van der Waals surface area contributed by atoms with Crippen LogP contribution in [0.4, 0.5) is 11.4 Å². The number of nitro groups is 1. The molecule has 1 aromatic carbocycles. The smallest absolute Gasteiger partial charge is 0.323 e. The Hall–Kier alpha value is -2.35. The number of ether oxygens (including phenoxy) is 2. The Morgan fingerprint density at radius 2 is 2.15 bits per heavy atom. The number of methoxy groups -OCH3 is 2. The van der Waals surface area contributed by atoms with Crippen molar-refractivity contribution in [2.24, 2.45) is 0 Å². The number of benzene rings is 1. The minimum Gasteiger partial charge on any atom is -0.497 e. The molecule has 0 heterocycles. The van der Waals surface area contributed by atoms with Gasteiger partial charge in [-0.1, -0.05) is 0 Å². The molecule has 0 aliphatic carbocycles. The number of carbonyl (C=O) groups is 1. The van der Waals surface area contributed by atoms with Crippen LogP contribution in [0, 0.1) is 10.1 Å². The van der Waals surface area contributed by atoms with E-state index in [1.165, 1.54) is 37.3 Å². The van der Waals surface area contributed by atoms with Gasteiger partial charge in [-0.15, -0.1) is 0 Å². The predicted octanol–water partition coefficient (Wildman–Crippen LogP) is 1.14. The summed E-state index contributed by atoms with van der Waals surface area (Å²) in [5.74, 6) is -0.670. The monoisotopic (exact) mass is 284 g/mol. The lowest BCUT2D eigenvalue weighted by Gasteiger charge is -2.22. The maximum absolute atomic E-state index is 11.0. The van der Waals surface area contributed by atoms with Crippen molar-refractivity contribution in [3.63, 3.8) is 0 Å². The van der Waals surface area contributed by atoms with E-state index in [4.69, 9.17) is 14.6 Å². The lowest BCUT2D eigenvalue weighted by Crippen LogP contribution is -2.33. The SMILES string of the molecule is COCCN(CC(=O)O)c1cc(OC)ccc1[N+](=O)[O-]. The largest absolute Gasteiger partial charge is 0.497 e. The van der Waals surface area contributed by atoms with E-state index in [0.29, 0.717) is 5.75 Å². The highest BCUT2D eigenvalue weighted by Gasteiger charge is 2.22. The summed E-state index contributed by atoms with van der Waals surface area (Å²) in [6.07, 6.45) is 0. The van der Waals surface area contributed by atoms with Gasteiger partial charge in [-0.25, -0.2) is 0 Å². The standard InChI is InChI=1S/C12H16N2O6/c1-19-6-5-13(8-12(15)16)11-7-9(20-2)3-4-10(11)14(17)18/h3-4,7H,5-6,8H2,1-2H3,(H,15,16). The summed E-state index contributed by atoms with van der Waals surface area (Å²) in [4.78, 5) is 22.8. The molecular weight excluding hydrogens is 268 g/mol. The summed E-state index contributed by atoms with van der Waals surface area (Å²) < 4.78 is 9.92. The highest BCUT2D eigenvalue weighted by atomic mass is 16.6. The summed E-state index contributed by atoms with van der Waals surface area (Å²) in [7, 11) is 2.90. The molecule has 8 nitrogen and oxygen atoms in total. The summed E-state index contributed by atoms with van der Waals surface area (Å²) in [6.45, 7) is 0.107. The molecule has 1 aromatic rings. The van der Waals surface area contributed by atoms with Crippen LogP contribution < -0.4 is 9.64 Å². The molecular formula is C12H16N2O6. The summed E-state index contributed by atoms with van der Waals surface area (Å²) in [6, 6.07) is 4.18. The molecule has 0 aliphatic heterocycles. The molecule has 0 bridgehead atoms. The van der Waals surface area contributed by atoms with Crippen LogP contribution in [0.5, 0.6) is 5.75 Å². The maximum atomic E-state index is 11.0. The molecule has 0 aromatic heterocycles. The van der Waals surface area contributed by atoms with Gasteiger partial charge in [0, 0.05) is 25.8 Å². The molecule has 0 aliphatic rings. The van der Waals surface area contributed by atoms with E-state index in [0.717, 1.165) is 0 Å². The second-order valence-corrected chi connectivity index (χ2v) is 3.92. The Morgan fingerprint density at radius 3 is 2.65 bits per heavy atom. The number of nitrogens with zero attached hydrogens (tertiary/aromatic N) is 2. The van der Waals surface area contributed by atoms with Crippen LogP contribution in [-0.4, -0.2) is 49.9 Å². The van der Waals surface area contributed by atoms with Gasteiger partial charge in [-0.3, -0.25) is 14.9 Å². The highest BCUT2D eigenvalue weighted by molar-refractivity contribution is 5.76. The first-order valence-corrected chi connectivity index (χ1v) is 5.77. The number of hydrogen-bond donors (Lipinski definition) is 1. The zero-order chi connectivity index (χ0) is 15.1. The average Bonchev–Trinajstić information content (AvgIpc) is 2.42. The predicted molar refractivity (Wildman–Crippen MR) is 71.4 cm³/mol. The molecule has 1 rings (SSSR count). The minimum absolute atomic E-state index is 0.178. The fourth-order valence-electron chi connectivity index (χ4n) is 1.69. The van der Waals surface area contributed by atoms with Crippen molar-refractivity contribution in [2.45, 2.75) is 0 Å². The van der Waals surface area contributed by atoms with E-state index in [1.54, 1.807) is 0 Å². The fraction of sp³-hybridized carbons (Fsp3) is 0.417. The quantitative estimate of drug-likeness (QED) is 0.564. The normalized spacial score (nSPS) is 10.1. The van der Waals surface area contributed by atoms with Crippen LogP contribution in [0.3, 0.4) is 0 Å². The first kappa shape index (κ1) is 15.7. The Morgan fingerprint density at radius 1 is 1.45 bits per heavy atom. The van der Waals surface area contributed by atoms with E-state index < -0.39 is 10.9 Å². The van der Waals surface area contributed by atoms with Gasteiger partial charge in [0.05, 0.1) is 18.6 Å². The topological polar surface area (TPSA) is 102 Å². The van der Waals surface area contributed by atoms with Gasteiger partial charge < -0.3 is 19.5 Å². The third-order valence-corrected chi connectivity index (χ3v) is 2.61. The minimum atomic E-state index is -1.08. The second kappa shape index (κ2) is 7.29. The first-order chi connectivity index (χ1) is 9.49. The van der Waals surface area contributed by atoms with Gasteiger partial charge in [0.2, 0.25) is 0 Å². The molecule has 110 valence electrons. The Kier molecular flexibility index (Phi) is 5.73. The van der Waals surface area contributed by atoms with Crippen molar-refractivity contribution >= 4 is 17.3 Å². The Labute approximate surface area is 115 Å². The number of carboxylic acid groups (broad SMARTS) is 1. The van der Waals surface area contributed by atoms with Crippen LogP contribution in [0.15, 0.2) is 18.2 Å². The van der Waals surface area contributed by atoms with E-state index >= 15 is 0 Å². The molecule has 0 spiro atoms. The molecule has 0 saturated heterocycles. The van der Waals surface area contributed by atoms with Crippen LogP contribution in [0.1, 0.15) is 0 Å². The molecule has 0 amide bonds. The number of hydrogen-bond acceptors (Lipinski definition) is 6. The number of rotatable bonds is 8. The van der Waals surface area contributed by atoms with Gasteiger partial charge in [-0.05, 0) is 6.07 Å². The van der Waals surface area contributed by atoms with Gasteiger partial charge in [0.1, 0.15) is 18.0 Å². The zero-order valence-corrected chi connectivity index (χ0v) is 11.2. The molecule has 0 unspecified atom stereocenters. The number of aliphatic carboxylic acids is 1. The number of anilines is 1. The van der Waals surface area contributed by atoms with Gasteiger partial charge >= 0.3 is 5.97 Å². The molecule has 1 N–H and O–H groups in total. The maximum Gasteiger partial charge on any atom is 0.323 e. The van der Waals surface area contributed by atoms with E-state index in [2.05, 4.69) is 0 Å². The van der Waals surface area contributed by atoms with Gasteiger partial charge in [-0.2, -0.15) is 0 Å². The first-order valence-electron chi connectivity index (χ1n) is 5.77. The lowest BCUT2D eigenvalue weighted by atomic mass is 10.2. The van der Waals surface area contributed by atoms with Crippen molar-refractivity contribution in [3.05, 3.63) is 28.3 Å². The van der Waals surface area contributed by atoms with Crippen LogP contribution >= 0.6 is 0 Å². The summed E-state index contributed by atoms with van der Waals surface area (Å²) in [5.41, 5.74) is 0.0111. The van der Waals surface area contributed by atoms with Crippen LogP contribution in [0.25, 0.3) is 0 Å². The van der Waals surface area contributed by atoms with Crippen molar-refractivity contribution < 1.29 is 24.3 Å². The number of nitro benzene ring substituents is 1. The number of carboxylic acids is 1.